The molecule has 2 aliphatic rings. The van der Waals surface area contributed by atoms with Gasteiger partial charge in [-0.3, -0.25) is 9.59 Å². The second kappa shape index (κ2) is 15.7. The standard InChI is InChI=1S/C28H21NO2.C16H16.C13H7BrO2/c1-28(2)21-10-4-6-12-23(21)29(24-13-7-5-11-22(24)28)18-15-16-20-26(17-18)31-25-14-8-3-9-19(25)27(20)30;1-16(2)14-9-5-3-7-12(14)11-13-8-4-6-10-15(13)16;14-8-5-6-10-12(7-8)16-11-4-2-1-3-9(11)13(10)15/h3-17H,1-2H3;3-10H,11H2,1-2H3;1-7H. The molecule has 0 bridgehead atoms. The van der Waals surface area contributed by atoms with Crippen molar-refractivity contribution in [3.8, 4) is 0 Å². The molecule has 1 aliphatic heterocycles. The summed E-state index contributed by atoms with van der Waals surface area (Å²) in [6.45, 7) is 9.19. The molecule has 2 aromatic heterocycles. The van der Waals surface area contributed by atoms with Crippen molar-refractivity contribution >= 4 is 76.9 Å². The predicted molar refractivity (Wildman–Crippen MR) is 262 cm³/mol. The molecule has 0 saturated carbocycles. The first kappa shape index (κ1) is 40.1. The lowest BCUT2D eigenvalue weighted by Gasteiger charge is -2.42. The quantitative estimate of drug-likeness (QED) is 0.154. The molecule has 0 fully saturated rings. The van der Waals surface area contributed by atoms with Gasteiger partial charge in [0.15, 0.2) is 0 Å². The molecule has 308 valence electrons. The van der Waals surface area contributed by atoms with Crippen LogP contribution in [0.2, 0.25) is 0 Å². The summed E-state index contributed by atoms with van der Waals surface area (Å²) >= 11 is 3.36. The van der Waals surface area contributed by atoms with E-state index in [2.05, 4.69) is 146 Å². The Hall–Kier alpha value is -7.02. The molecule has 1 aliphatic carbocycles. The third kappa shape index (κ3) is 6.95. The van der Waals surface area contributed by atoms with Crippen LogP contribution >= 0.6 is 15.9 Å². The summed E-state index contributed by atoms with van der Waals surface area (Å²) in [5.74, 6) is 0. The van der Waals surface area contributed by atoms with Gasteiger partial charge in [0.2, 0.25) is 10.9 Å². The summed E-state index contributed by atoms with van der Waals surface area (Å²) in [4.78, 5) is 27.4. The third-order valence-electron chi connectivity index (χ3n) is 12.8. The fourth-order valence-electron chi connectivity index (χ4n) is 9.57. The largest absolute Gasteiger partial charge is 0.456 e. The van der Waals surface area contributed by atoms with Gasteiger partial charge in [0.1, 0.15) is 22.3 Å². The van der Waals surface area contributed by atoms with Gasteiger partial charge in [0.25, 0.3) is 0 Å². The van der Waals surface area contributed by atoms with Gasteiger partial charge < -0.3 is 13.7 Å². The number of anilines is 3. The van der Waals surface area contributed by atoms with Gasteiger partial charge >= 0.3 is 0 Å². The maximum Gasteiger partial charge on any atom is 0.200 e. The van der Waals surface area contributed by atoms with Gasteiger partial charge in [-0.25, -0.2) is 0 Å². The molecule has 0 atom stereocenters. The maximum atomic E-state index is 13.0. The fraction of sp³-hybridized carbons (Fsp3) is 0.123. The van der Waals surface area contributed by atoms with Crippen molar-refractivity contribution in [2.24, 2.45) is 0 Å². The van der Waals surface area contributed by atoms with Crippen molar-refractivity contribution in [2.45, 2.75) is 44.9 Å². The van der Waals surface area contributed by atoms with E-state index in [4.69, 9.17) is 8.83 Å². The molecule has 0 unspecified atom stereocenters. The number of fused-ring (bicyclic) bond motifs is 8. The minimum absolute atomic E-state index is 0.00368. The van der Waals surface area contributed by atoms with Gasteiger partial charge in [0.05, 0.1) is 32.9 Å². The number of nitrogens with zero attached hydrogens (tertiary/aromatic N) is 1. The van der Waals surface area contributed by atoms with Crippen LogP contribution in [-0.4, -0.2) is 0 Å². The Balaban J connectivity index is 0.000000124. The molecule has 0 spiro atoms. The van der Waals surface area contributed by atoms with Crippen molar-refractivity contribution in [2.75, 3.05) is 4.90 Å². The van der Waals surface area contributed by atoms with Crippen LogP contribution < -0.4 is 15.8 Å². The average Bonchev–Trinajstić information content (AvgIpc) is 3.30. The molecule has 12 rings (SSSR count). The Bertz CT molecular complexity index is 3430. The first-order valence-corrected chi connectivity index (χ1v) is 22.0. The van der Waals surface area contributed by atoms with Crippen molar-refractivity contribution in [3.05, 3.63) is 240 Å². The van der Waals surface area contributed by atoms with E-state index in [-0.39, 0.29) is 21.7 Å². The molecule has 8 aromatic carbocycles. The number of benzene rings is 8. The third-order valence-corrected chi connectivity index (χ3v) is 13.3. The highest BCUT2D eigenvalue weighted by atomic mass is 79.9. The first-order chi connectivity index (χ1) is 30.5. The molecular formula is C57H44BrNO4. The highest BCUT2D eigenvalue weighted by Crippen LogP contribution is 2.52. The predicted octanol–water partition coefficient (Wildman–Crippen LogP) is 14.7. The highest BCUT2D eigenvalue weighted by molar-refractivity contribution is 9.10. The van der Waals surface area contributed by atoms with Gasteiger partial charge in [-0.1, -0.05) is 153 Å². The average molecular weight is 887 g/mol. The molecule has 63 heavy (non-hydrogen) atoms. The Morgan fingerprint density at radius 3 is 1.37 bits per heavy atom. The lowest BCUT2D eigenvalue weighted by molar-refractivity contribution is 0.610. The second-order valence-corrected chi connectivity index (χ2v) is 18.2. The Morgan fingerprint density at radius 1 is 0.429 bits per heavy atom. The number of hydrogen-bond acceptors (Lipinski definition) is 5. The van der Waals surface area contributed by atoms with Crippen molar-refractivity contribution in [3.63, 3.8) is 0 Å². The van der Waals surface area contributed by atoms with Crippen molar-refractivity contribution < 1.29 is 8.83 Å². The van der Waals surface area contributed by atoms with Gasteiger partial charge in [0, 0.05) is 27.1 Å². The summed E-state index contributed by atoms with van der Waals surface area (Å²) in [5.41, 5.74) is 14.2. The van der Waals surface area contributed by atoms with E-state index in [9.17, 15) is 9.59 Å². The van der Waals surface area contributed by atoms with E-state index >= 15 is 0 Å². The van der Waals surface area contributed by atoms with Crippen LogP contribution in [0.1, 0.15) is 61.1 Å². The monoisotopic (exact) mass is 885 g/mol. The smallest absolute Gasteiger partial charge is 0.200 e. The molecule has 0 amide bonds. The van der Waals surface area contributed by atoms with E-state index in [0.717, 1.165) is 28.0 Å². The summed E-state index contributed by atoms with van der Waals surface area (Å²) < 4.78 is 12.7. The number of hydrogen-bond donors (Lipinski definition) is 0. The second-order valence-electron chi connectivity index (χ2n) is 17.3. The SMILES string of the molecule is CC1(C)c2ccccc2Cc2ccccc21.CC1(C)c2ccccc2N(c2ccc3c(=O)c4ccccc4oc3c2)c2ccccc21.O=c1c2ccccc2oc2cc(Br)ccc12. The zero-order valence-corrected chi connectivity index (χ0v) is 37.1. The minimum Gasteiger partial charge on any atom is -0.456 e. The van der Waals surface area contributed by atoms with Gasteiger partial charge in [-0.2, -0.15) is 0 Å². The molecule has 3 heterocycles. The van der Waals surface area contributed by atoms with E-state index in [1.54, 1.807) is 18.2 Å². The topological polar surface area (TPSA) is 63.7 Å². The van der Waals surface area contributed by atoms with Crippen LogP contribution in [0.5, 0.6) is 0 Å². The molecule has 0 saturated heterocycles. The van der Waals surface area contributed by atoms with Crippen LogP contribution in [-0.2, 0) is 17.3 Å². The van der Waals surface area contributed by atoms with Gasteiger partial charge in [-0.05, 0) is 107 Å². The molecular weight excluding hydrogens is 843 g/mol. The van der Waals surface area contributed by atoms with Crippen molar-refractivity contribution in [1.82, 2.24) is 0 Å². The van der Waals surface area contributed by atoms with Gasteiger partial charge in [-0.15, -0.1) is 0 Å². The zero-order valence-electron chi connectivity index (χ0n) is 35.5. The molecule has 5 nitrogen and oxygen atoms in total. The minimum atomic E-state index is -0.108. The lowest BCUT2D eigenvalue weighted by atomic mass is 9.69. The first-order valence-electron chi connectivity index (χ1n) is 21.2. The van der Waals surface area contributed by atoms with E-state index in [1.807, 2.05) is 66.7 Å². The number of rotatable bonds is 1. The van der Waals surface area contributed by atoms with Crippen LogP contribution in [0, 0.1) is 0 Å². The van der Waals surface area contributed by atoms with E-state index < -0.39 is 0 Å². The molecule has 6 heteroatoms. The molecule has 0 N–H and O–H groups in total. The highest BCUT2D eigenvalue weighted by Gasteiger charge is 2.36. The van der Waals surface area contributed by atoms with Crippen LogP contribution in [0.4, 0.5) is 17.1 Å². The van der Waals surface area contributed by atoms with Crippen LogP contribution in [0.3, 0.4) is 0 Å². The molecule has 10 aromatic rings. The van der Waals surface area contributed by atoms with Crippen LogP contribution in [0.15, 0.2) is 205 Å². The van der Waals surface area contributed by atoms with Crippen LogP contribution in [0.25, 0.3) is 43.9 Å². The van der Waals surface area contributed by atoms with E-state index in [1.165, 1.54) is 33.4 Å². The summed E-state index contributed by atoms with van der Waals surface area (Å²) in [5, 5.41) is 2.44. The summed E-state index contributed by atoms with van der Waals surface area (Å²) in [6, 6.07) is 60.7. The number of halogens is 1. The number of para-hydroxylation sites is 4. The molecule has 0 radical (unpaired) electrons. The lowest BCUT2D eigenvalue weighted by Crippen LogP contribution is -2.30. The zero-order chi connectivity index (χ0) is 43.5. The maximum absolute atomic E-state index is 13.0. The fourth-order valence-corrected chi connectivity index (χ4v) is 9.91. The van der Waals surface area contributed by atoms with E-state index in [0.29, 0.717) is 43.9 Å². The summed E-state index contributed by atoms with van der Waals surface area (Å²) in [6.07, 6.45) is 1.08. The Kier molecular flexibility index (Phi) is 9.99. The Labute approximate surface area is 374 Å². The normalized spacial score (nSPS) is 14.1. The summed E-state index contributed by atoms with van der Waals surface area (Å²) in [7, 11) is 0. The van der Waals surface area contributed by atoms with Crippen molar-refractivity contribution in [1.29, 1.82) is 0 Å². The Morgan fingerprint density at radius 2 is 0.825 bits per heavy atom.